The molecule has 0 saturated carbocycles. The molecule has 0 radical (unpaired) electrons. The molecule has 0 unspecified atom stereocenters. The van der Waals surface area contributed by atoms with E-state index in [9.17, 15) is 0 Å². The van der Waals surface area contributed by atoms with E-state index in [1.54, 1.807) is 0 Å². The van der Waals surface area contributed by atoms with Gasteiger partial charge in [0.2, 0.25) is 0 Å². The topological polar surface area (TPSA) is 12.9 Å². The first-order valence-electron chi connectivity index (χ1n) is 10.4. The number of fused-ring (bicyclic) bond motifs is 3. The Labute approximate surface area is 176 Å². The first kappa shape index (κ1) is 17.2. The second-order valence-corrected chi connectivity index (χ2v) is 8.15. The Morgan fingerprint density at radius 1 is 0.533 bits per heavy atom. The van der Waals surface area contributed by atoms with Crippen molar-refractivity contribution >= 4 is 10.9 Å². The third kappa shape index (κ3) is 2.45. The lowest BCUT2D eigenvalue weighted by Gasteiger charge is -2.12. The zero-order valence-electron chi connectivity index (χ0n) is 17.1. The Bertz CT molecular complexity index is 1440. The zero-order valence-corrected chi connectivity index (χ0v) is 17.1. The summed E-state index contributed by atoms with van der Waals surface area (Å²) in [4.78, 5) is 5.07. The fourth-order valence-corrected chi connectivity index (χ4v) is 4.93. The Balaban J connectivity index is 1.58. The molecule has 142 valence electrons. The van der Waals surface area contributed by atoms with Crippen molar-refractivity contribution in [1.82, 2.24) is 4.98 Å². The van der Waals surface area contributed by atoms with E-state index in [0.717, 1.165) is 16.8 Å². The van der Waals surface area contributed by atoms with E-state index in [-0.39, 0.29) is 0 Å². The molecule has 0 atom stereocenters. The van der Waals surface area contributed by atoms with Gasteiger partial charge in [0.15, 0.2) is 0 Å². The van der Waals surface area contributed by atoms with Gasteiger partial charge in [0, 0.05) is 10.9 Å². The quantitative estimate of drug-likeness (QED) is 0.297. The highest BCUT2D eigenvalue weighted by Crippen LogP contribution is 2.47. The summed E-state index contributed by atoms with van der Waals surface area (Å²) in [5.41, 5.74) is 13.6. The van der Waals surface area contributed by atoms with Gasteiger partial charge in [0.25, 0.3) is 0 Å². The summed E-state index contributed by atoms with van der Waals surface area (Å²) in [6.07, 6.45) is 0. The number of aromatic nitrogens is 1. The molecule has 0 fully saturated rings. The average molecular weight is 383 g/mol. The van der Waals surface area contributed by atoms with Gasteiger partial charge in [-0.2, -0.15) is 0 Å². The first-order chi connectivity index (χ1) is 14.7. The Kier molecular flexibility index (Phi) is 3.66. The highest BCUT2D eigenvalue weighted by atomic mass is 14.7. The monoisotopic (exact) mass is 383 g/mol. The van der Waals surface area contributed by atoms with Crippen molar-refractivity contribution in [3.05, 3.63) is 102 Å². The number of rotatable bonds is 2. The summed E-state index contributed by atoms with van der Waals surface area (Å²) in [5, 5.41) is 1.27. The molecule has 0 saturated heterocycles. The maximum Gasteiger partial charge on any atom is 0.0722 e. The van der Waals surface area contributed by atoms with Crippen molar-refractivity contribution in [1.29, 1.82) is 0 Å². The number of benzene rings is 4. The van der Waals surface area contributed by atoms with Crippen molar-refractivity contribution < 1.29 is 0 Å². The highest BCUT2D eigenvalue weighted by molar-refractivity contribution is 6.14. The van der Waals surface area contributed by atoms with Crippen LogP contribution in [0.1, 0.15) is 11.1 Å². The Morgan fingerprint density at radius 3 is 1.97 bits per heavy atom. The molecular formula is C29H21N. The van der Waals surface area contributed by atoms with Crippen LogP contribution >= 0.6 is 0 Å². The van der Waals surface area contributed by atoms with Gasteiger partial charge < -0.3 is 0 Å². The molecule has 1 aromatic heterocycles. The predicted molar refractivity (Wildman–Crippen MR) is 127 cm³/mol. The van der Waals surface area contributed by atoms with Gasteiger partial charge >= 0.3 is 0 Å². The van der Waals surface area contributed by atoms with Gasteiger partial charge in [-0.15, -0.1) is 0 Å². The van der Waals surface area contributed by atoms with Crippen LogP contribution in [0.3, 0.4) is 0 Å². The molecule has 0 bridgehead atoms. The van der Waals surface area contributed by atoms with Gasteiger partial charge in [0.05, 0.1) is 11.2 Å². The van der Waals surface area contributed by atoms with E-state index >= 15 is 0 Å². The first-order valence-corrected chi connectivity index (χ1v) is 10.4. The minimum absolute atomic E-state index is 1.03. The molecule has 0 spiro atoms. The van der Waals surface area contributed by atoms with Crippen LogP contribution in [0.25, 0.3) is 55.5 Å². The number of pyridine rings is 1. The van der Waals surface area contributed by atoms with E-state index in [4.69, 9.17) is 4.98 Å². The molecular weight excluding hydrogens is 362 g/mol. The van der Waals surface area contributed by atoms with Crippen molar-refractivity contribution in [3.63, 3.8) is 0 Å². The fraction of sp³-hybridized carbons (Fsp3) is 0.0690. The largest absolute Gasteiger partial charge is 0.248 e. The molecule has 0 aliphatic heterocycles. The lowest BCUT2D eigenvalue weighted by molar-refractivity contribution is 1.37. The van der Waals surface area contributed by atoms with Crippen molar-refractivity contribution in [2.75, 3.05) is 0 Å². The molecule has 1 heterocycles. The van der Waals surface area contributed by atoms with Gasteiger partial charge in [-0.25, -0.2) is 4.98 Å². The smallest absolute Gasteiger partial charge is 0.0722 e. The summed E-state index contributed by atoms with van der Waals surface area (Å²) >= 11 is 0. The number of hydrogen-bond acceptors (Lipinski definition) is 1. The molecule has 0 N–H and O–H groups in total. The van der Waals surface area contributed by atoms with Crippen LogP contribution in [-0.2, 0) is 0 Å². The van der Waals surface area contributed by atoms with Gasteiger partial charge in [0.1, 0.15) is 0 Å². The SMILES string of the molecule is Cc1cccc(C)c1-c1cccc(-c2cc3c4c(cccc4n2)-c2ccccc2-3)c1. The Hall–Kier alpha value is -3.71. The standard InChI is InChI=1S/C29H21N/c1-18-8-5-9-19(2)28(18)21-11-6-10-20(16-21)27-17-25-23-13-4-3-12-22(23)24-14-7-15-26(30-27)29(24)25/h3-17H,1-2H3. The lowest BCUT2D eigenvalue weighted by atomic mass is 9.93. The highest BCUT2D eigenvalue weighted by Gasteiger charge is 2.22. The second kappa shape index (κ2) is 6.40. The van der Waals surface area contributed by atoms with E-state index in [2.05, 4.69) is 105 Å². The number of nitrogens with zero attached hydrogens (tertiary/aromatic N) is 1. The predicted octanol–water partition coefficient (Wildman–Crippen LogP) is 7.83. The molecule has 1 aliphatic carbocycles. The van der Waals surface area contributed by atoms with Gasteiger partial charge in [-0.05, 0) is 76.6 Å². The molecule has 1 aliphatic rings. The van der Waals surface area contributed by atoms with E-state index in [1.807, 2.05) is 0 Å². The molecule has 1 nitrogen and oxygen atoms in total. The number of aryl methyl sites for hydroxylation is 2. The summed E-state index contributed by atoms with van der Waals surface area (Å²) in [6.45, 7) is 4.37. The van der Waals surface area contributed by atoms with Gasteiger partial charge in [-0.1, -0.05) is 72.8 Å². The van der Waals surface area contributed by atoms with Crippen LogP contribution in [0, 0.1) is 13.8 Å². The van der Waals surface area contributed by atoms with E-state index in [1.165, 1.54) is 49.9 Å². The van der Waals surface area contributed by atoms with Gasteiger partial charge in [-0.3, -0.25) is 0 Å². The fourth-order valence-electron chi connectivity index (χ4n) is 4.93. The van der Waals surface area contributed by atoms with E-state index < -0.39 is 0 Å². The molecule has 5 aromatic rings. The summed E-state index contributed by atoms with van der Waals surface area (Å²) in [6, 6.07) is 32.7. The van der Waals surface area contributed by atoms with Crippen molar-refractivity contribution in [3.8, 4) is 44.6 Å². The molecule has 30 heavy (non-hydrogen) atoms. The zero-order chi connectivity index (χ0) is 20.2. The van der Waals surface area contributed by atoms with E-state index in [0.29, 0.717) is 0 Å². The van der Waals surface area contributed by atoms with Crippen molar-refractivity contribution in [2.24, 2.45) is 0 Å². The minimum atomic E-state index is 1.03. The van der Waals surface area contributed by atoms with Crippen LogP contribution in [0.15, 0.2) is 91.0 Å². The normalized spacial score (nSPS) is 11.7. The molecule has 1 heteroatoms. The third-order valence-corrected chi connectivity index (χ3v) is 6.27. The summed E-state index contributed by atoms with van der Waals surface area (Å²) in [5.74, 6) is 0. The maximum atomic E-state index is 5.07. The van der Waals surface area contributed by atoms with Crippen molar-refractivity contribution in [2.45, 2.75) is 13.8 Å². The average Bonchev–Trinajstić information content (AvgIpc) is 3.10. The molecule has 4 aromatic carbocycles. The number of hydrogen-bond donors (Lipinski definition) is 0. The lowest BCUT2D eigenvalue weighted by Crippen LogP contribution is -1.90. The maximum absolute atomic E-state index is 5.07. The molecule has 6 rings (SSSR count). The van der Waals surface area contributed by atoms with Crippen LogP contribution in [0.2, 0.25) is 0 Å². The summed E-state index contributed by atoms with van der Waals surface area (Å²) in [7, 11) is 0. The Morgan fingerprint density at radius 2 is 1.17 bits per heavy atom. The second-order valence-electron chi connectivity index (χ2n) is 8.15. The summed E-state index contributed by atoms with van der Waals surface area (Å²) < 4.78 is 0. The minimum Gasteiger partial charge on any atom is -0.248 e. The molecule has 0 amide bonds. The van der Waals surface area contributed by atoms with Crippen LogP contribution < -0.4 is 0 Å². The third-order valence-electron chi connectivity index (χ3n) is 6.27. The van der Waals surface area contributed by atoms with Crippen LogP contribution in [-0.4, -0.2) is 4.98 Å². The van der Waals surface area contributed by atoms with Crippen LogP contribution in [0.5, 0.6) is 0 Å². The van der Waals surface area contributed by atoms with Crippen LogP contribution in [0.4, 0.5) is 0 Å².